The van der Waals surface area contributed by atoms with E-state index >= 15 is 0 Å². The van der Waals surface area contributed by atoms with E-state index in [9.17, 15) is 42.5 Å². The van der Waals surface area contributed by atoms with E-state index in [4.69, 9.17) is 5.73 Å². The van der Waals surface area contributed by atoms with Crippen LogP contribution in [0, 0.1) is 10.1 Å². The second kappa shape index (κ2) is 8.81. The lowest BCUT2D eigenvalue weighted by molar-refractivity contribution is -0.384. The van der Waals surface area contributed by atoms with Crippen molar-refractivity contribution in [1.29, 1.82) is 0 Å². The fraction of sp³-hybridized carbons (Fsp3) is 0.300. The summed E-state index contributed by atoms with van der Waals surface area (Å²) < 4.78 is 41.8. The summed E-state index contributed by atoms with van der Waals surface area (Å²) in [5, 5.41) is 10.3. The fourth-order valence-electron chi connectivity index (χ4n) is 3.81. The molecule has 0 spiro atoms. The monoisotopic (exact) mass is 512 g/mol. The molecular formula is C20H15F3N4O7S. The van der Waals surface area contributed by atoms with Crippen molar-refractivity contribution in [2.45, 2.75) is 24.0 Å². The minimum Gasteiger partial charge on any atom is -0.382 e. The van der Waals surface area contributed by atoms with Crippen LogP contribution >= 0.6 is 11.8 Å². The molecule has 2 fully saturated rings. The van der Waals surface area contributed by atoms with Crippen LogP contribution in [-0.4, -0.2) is 63.5 Å². The van der Waals surface area contributed by atoms with Gasteiger partial charge in [-0.2, -0.15) is 13.2 Å². The summed E-state index contributed by atoms with van der Waals surface area (Å²) in [4.78, 5) is 61.5. The maximum absolute atomic E-state index is 13.0. The molecule has 4 rings (SSSR count). The summed E-state index contributed by atoms with van der Waals surface area (Å²) >= 11 is 1.13. The van der Waals surface area contributed by atoms with E-state index in [-0.39, 0.29) is 41.2 Å². The van der Waals surface area contributed by atoms with Crippen molar-refractivity contribution in [2.24, 2.45) is 5.73 Å². The summed E-state index contributed by atoms with van der Waals surface area (Å²) in [6.07, 6.45) is -4.03. The Morgan fingerprint density at radius 3 is 2.66 bits per heavy atom. The first-order valence-corrected chi connectivity index (χ1v) is 11.0. The Balaban J connectivity index is 1.67. The summed E-state index contributed by atoms with van der Waals surface area (Å²) in [6, 6.07) is 4.39. The summed E-state index contributed by atoms with van der Waals surface area (Å²) in [7, 11) is 0. The molecule has 3 aliphatic heterocycles. The molecular weight excluding hydrogens is 497 g/mol. The standard InChI is InChI=1S/C20H15F3N4O7S/c21-20(22,23)19(31)34-18(30)14-10(8-35-17-13(24)16(29)26(14)17)6-9-4-5-25(15(9)28)11-2-1-3-12(7-11)27(32)33/h1-3,6-7,13,17H,4-5,8,24H2/b9-6+/t13-,17-/m1/s1. The van der Waals surface area contributed by atoms with Crippen LogP contribution in [0.15, 0.2) is 47.2 Å². The number of carbonyl (C=O) groups is 4. The molecule has 2 saturated heterocycles. The Kier molecular flexibility index (Phi) is 6.14. The van der Waals surface area contributed by atoms with Crippen molar-refractivity contribution in [3.63, 3.8) is 0 Å². The predicted molar refractivity (Wildman–Crippen MR) is 113 cm³/mol. The van der Waals surface area contributed by atoms with Crippen LogP contribution in [-0.2, 0) is 23.9 Å². The van der Waals surface area contributed by atoms with E-state index in [1.54, 1.807) is 0 Å². The van der Waals surface area contributed by atoms with Gasteiger partial charge in [0.05, 0.1) is 10.6 Å². The first kappa shape index (κ1) is 24.4. The topological polar surface area (TPSA) is 153 Å². The SMILES string of the molecule is N[C@@H]1C(=O)N2C(C(=O)OC(=O)C(F)(F)F)=C(/C=C3\CCN(c4cccc([N+](=O)[O-])c4)C3=O)CS[C@H]12. The smallest absolute Gasteiger partial charge is 0.382 e. The number of esters is 2. The fourth-order valence-corrected chi connectivity index (χ4v) is 5.06. The van der Waals surface area contributed by atoms with Crippen LogP contribution in [0.25, 0.3) is 0 Å². The van der Waals surface area contributed by atoms with Gasteiger partial charge in [0.25, 0.3) is 11.6 Å². The highest BCUT2D eigenvalue weighted by Gasteiger charge is 2.53. The quantitative estimate of drug-likeness (QED) is 0.157. The largest absolute Gasteiger partial charge is 0.491 e. The number of nitro benzene ring substituents is 1. The molecule has 0 radical (unpaired) electrons. The van der Waals surface area contributed by atoms with Gasteiger partial charge in [-0.3, -0.25) is 24.6 Å². The molecule has 2 N–H and O–H groups in total. The molecule has 0 saturated carbocycles. The number of non-ortho nitro benzene ring substituents is 1. The van der Waals surface area contributed by atoms with Gasteiger partial charge < -0.3 is 15.4 Å². The van der Waals surface area contributed by atoms with Crippen LogP contribution in [0.2, 0.25) is 0 Å². The Hall–Kier alpha value is -3.72. The lowest BCUT2D eigenvalue weighted by atomic mass is 10.0. The molecule has 3 heterocycles. The molecule has 0 aromatic heterocycles. The van der Waals surface area contributed by atoms with Gasteiger partial charge in [0.1, 0.15) is 17.1 Å². The van der Waals surface area contributed by atoms with E-state index in [1.165, 1.54) is 35.2 Å². The van der Waals surface area contributed by atoms with Crippen molar-refractivity contribution in [3.8, 4) is 0 Å². The van der Waals surface area contributed by atoms with Crippen molar-refractivity contribution in [2.75, 3.05) is 17.2 Å². The van der Waals surface area contributed by atoms with Crippen molar-refractivity contribution in [1.82, 2.24) is 4.90 Å². The first-order chi connectivity index (χ1) is 16.4. The van der Waals surface area contributed by atoms with E-state index in [0.717, 1.165) is 16.7 Å². The van der Waals surface area contributed by atoms with E-state index in [2.05, 4.69) is 4.74 Å². The average Bonchev–Trinajstić information content (AvgIpc) is 3.17. The highest BCUT2D eigenvalue weighted by Crippen LogP contribution is 2.41. The number of amides is 2. The molecule has 0 aliphatic carbocycles. The normalized spacial score (nSPS) is 23.4. The van der Waals surface area contributed by atoms with Gasteiger partial charge in [-0.1, -0.05) is 6.07 Å². The van der Waals surface area contributed by atoms with Gasteiger partial charge in [0.15, 0.2) is 0 Å². The van der Waals surface area contributed by atoms with Crippen LogP contribution in [0.3, 0.4) is 0 Å². The third-order valence-corrected chi connectivity index (χ3v) is 6.80. The summed E-state index contributed by atoms with van der Waals surface area (Å²) in [5.74, 6) is -5.73. The third-order valence-electron chi connectivity index (χ3n) is 5.47. The number of β-lactam (4-membered cyclic amide) rings is 1. The Morgan fingerprint density at radius 1 is 1.29 bits per heavy atom. The molecule has 0 bridgehead atoms. The Morgan fingerprint density at radius 2 is 2.00 bits per heavy atom. The number of benzene rings is 1. The number of halogens is 3. The number of ether oxygens (including phenoxy) is 1. The van der Waals surface area contributed by atoms with Gasteiger partial charge in [0.2, 0.25) is 5.91 Å². The molecule has 1 aromatic carbocycles. The third kappa shape index (κ3) is 4.39. The maximum Gasteiger partial charge on any atom is 0.491 e. The number of anilines is 1. The number of hydrogen-bond acceptors (Lipinski definition) is 9. The molecule has 2 amide bonds. The molecule has 3 aliphatic rings. The number of nitrogens with two attached hydrogens (primary N) is 1. The number of allylic oxidation sites excluding steroid dienone is 1. The van der Waals surface area contributed by atoms with E-state index in [1.807, 2.05) is 0 Å². The second-order valence-electron chi connectivity index (χ2n) is 7.64. The predicted octanol–water partition coefficient (Wildman–Crippen LogP) is 1.39. The molecule has 1 aromatic rings. The Bertz CT molecular complexity index is 1230. The number of nitrogens with zero attached hydrogens (tertiary/aromatic N) is 3. The zero-order chi connectivity index (χ0) is 25.7. The molecule has 15 heteroatoms. The van der Waals surface area contributed by atoms with Crippen molar-refractivity contribution < 1.29 is 42.0 Å². The number of thioether (sulfide) groups is 1. The molecule has 2 atom stereocenters. The van der Waals surface area contributed by atoms with Crippen LogP contribution in [0.4, 0.5) is 24.5 Å². The minimum atomic E-state index is -5.44. The molecule has 11 nitrogen and oxygen atoms in total. The minimum absolute atomic E-state index is 0.000374. The molecule has 35 heavy (non-hydrogen) atoms. The van der Waals surface area contributed by atoms with Crippen molar-refractivity contribution >= 4 is 46.9 Å². The number of alkyl halides is 3. The highest BCUT2D eigenvalue weighted by molar-refractivity contribution is 8.00. The highest BCUT2D eigenvalue weighted by atomic mass is 32.2. The van der Waals surface area contributed by atoms with Gasteiger partial charge >= 0.3 is 18.1 Å². The van der Waals surface area contributed by atoms with E-state index in [0.29, 0.717) is 0 Å². The summed E-state index contributed by atoms with van der Waals surface area (Å²) in [6.45, 7) is 0.148. The zero-order valence-corrected chi connectivity index (χ0v) is 18.3. The summed E-state index contributed by atoms with van der Waals surface area (Å²) in [5.41, 5.74) is 5.30. The Labute approximate surface area is 198 Å². The van der Waals surface area contributed by atoms with Crippen LogP contribution in [0.1, 0.15) is 6.42 Å². The number of hydrogen-bond donors (Lipinski definition) is 1. The van der Waals surface area contributed by atoms with Crippen LogP contribution < -0.4 is 10.6 Å². The van der Waals surface area contributed by atoms with Crippen molar-refractivity contribution in [3.05, 3.63) is 57.3 Å². The van der Waals surface area contributed by atoms with Gasteiger partial charge in [0, 0.05) is 30.0 Å². The first-order valence-electron chi connectivity index (χ1n) is 9.93. The van der Waals surface area contributed by atoms with Gasteiger partial charge in [-0.05, 0) is 24.1 Å². The number of carbonyl (C=O) groups excluding carboxylic acids is 4. The average molecular weight is 512 g/mol. The number of nitro groups is 1. The van der Waals surface area contributed by atoms with Crippen LogP contribution in [0.5, 0.6) is 0 Å². The van der Waals surface area contributed by atoms with E-state index < -0.39 is 52.0 Å². The molecule has 0 unspecified atom stereocenters. The lowest BCUT2D eigenvalue weighted by Gasteiger charge is -2.48. The maximum atomic E-state index is 13.0. The van der Waals surface area contributed by atoms with Gasteiger partial charge in [-0.15, -0.1) is 11.8 Å². The number of fused-ring (bicyclic) bond motifs is 1. The molecule has 184 valence electrons. The zero-order valence-electron chi connectivity index (χ0n) is 17.5. The van der Waals surface area contributed by atoms with Gasteiger partial charge in [-0.25, -0.2) is 9.59 Å². The number of rotatable bonds is 4. The second-order valence-corrected chi connectivity index (χ2v) is 8.74. The lowest BCUT2D eigenvalue weighted by Crippen LogP contribution is -2.68.